The zero-order valence-electron chi connectivity index (χ0n) is 10.5. The molecule has 1 aliphatic heterocycles. The van der Waals surface area contributed by atoms with Gasteiger partial charge in [0.25, 0.3) is 0 Å². The van der Waals surface area contributed by atoms with E-state index in [0.29, 0.717) is 12.6 Å². The van der Waals surface area contributed by atoms with E-state index >= 15 is 0 Å². The summed E-state index contributed by atoms with van der Waals surface area (Å²) in [5, 5.41) is 0. The van der Waals surface area contributed by atoms with Gasteiger partial charge in [-0.2, -0.15) is 0 Å². The highest BCUT2D eigenvalue weighted by molar-refractivity contribution is 9.10. The predicted octanol–water partition coefficient (Wildman–Crippen LogP) is 3.25. The average Bonchev–Trinajstić information content (AvgIpc) is 2.89. The van der Waals surface area contributed by atoms with Crippen molar-refractivity contribution >= 4 is 15.9 Å². The maximum absolute atomic E-state index is 5.84. The minimum atomic E-state index is 0.446. The molecule has 4 heteroatoms. The summed E-state index contributed by atoms with van der Waals surface area (Å²) in [6, 6.07) is 5.96. The van der Waals surface area contributed by atoms with Gasteiger partial charge in [0.15, 0.2) is 0 Å². The highest BCUT2D eigenvalue weighted by Crippen LogP contribution is 2.29. The molecule has 0 aliphatic carbocycles. The Labute approximate surface area is 117 Å². The van der Waals surface area contributed by atoms with Crippen molar-refractivity contribution in [2.45, 2.75) is 38.3 Å². The third-order valence-corrected chi connectivity index (χ3v) is 3.83. The number of hydrogen-bond donors (Lipinski definition) is 1. The first-order chi connectivity index (χ1) is 8.81. The van der Waals surface area contributed by atoms with Crippen molar-refractivity contribution < 1.29 is 9.47 Å². The van der Waals surface area contributed by atoms with Gasteiger partial charge < -0.3 is 15.2 Å². The van der Waals surface area contributed by atoms with E-state index in [-0.39, 0.29) is 0 Å². The van der Waals surface area contributed by atoms with E-state index in [2.05, 4.69) is 15.9 Å². The molecule has 0 radical (unpaired) electrons. The van der Waals surface area contributed by atoms with Gasteiger partial charge in [-0.1, -0.05) is 12.1 Å². The van der Waals surface area contributed by atoms with Gasteiger partial charge in [0.1, 0.15) is 5.75 Å². The molecule has 0 spiro atoms. The molecule has 1 unspecified atom stereocenters. The fourth-order valence-electron chi connectivity index (χ4n) is 2.23. The minimum absolute atomic E-state index is 0.446. The molecule has 1 aliphatic rings. The normalized spacial score (nSPS) is 19.1. The molecule has 1 fully saturated rings. The Bertz CT molecular complexity index is 378. The molecule has 3 nitrogen and oxygen atoms in total. The Morgan fingerprint density at radius 3 is 3.06 bits per heavy atom. The van der Waals surface area contributed by atoms with Crippen LogP contribution in [0.2, 0.25) is 0 Å². The SMILES string of the molecule is NCc1cccc(Br)c1OCCCC1CCCO1. The van der Waals surface area contributed by atoms with Crippen LogP contribution in [-0.4, -0.2) is 19.3 Å². The third-order valence-electron chi connectivity index (χ3n) is 3.21. The second-order valence-corrected chi connectivity index (χ2v) is 5.41. The van der Waals surface area contributed by atoms with Crippen LogP contribution in [0.3, 0.4) is 0 Å². The van der Waals surface area contributed by atoms with Crippen molar-refractivity contribution in [2.24, 2.45) is 5.73 Å². The fraction of sp³-hybridized carbons (Fsp3) is 0.571. The molecule has 0 aromatic heterocycles. The summed E-state index contributed by atoms with van der Waals surface area (Å²) in [4.78, 5) is 0. The third kappa shape index (κ3) is 3.70. The Morgan fingerprint density at radius 1 is 1.44 bits per heavy atom. The van der Waals surface area contributed by atoms with Gasteiger partial charge >= 0.3 is 0 Å². The molecule has 1 atom stereocenters. The lowest BCUT2D eigenvalue weighted by Crippen LogP contribution is -2.09. The van der Waals surface area contributed by atoms with Gasteiger partial charge in [-0.15, -0.1) is 0 Å². The average molecular weight is 314 g/mol. The number of hydrogen-bond acceptors (Lipinski definition) is 3. The molecule has 1 heterocycles. The first-order valence-corrected chi connectivity index (χ1v) is 7.32. The molecule has 100 valence electrons. The van der Waals surface area contributed by atoms with Crippen LogP contribution in [-0.2, 0) is 11.3 Å². The minimum Gasteiger partial charge on any atom is -0.492 e. The van der Waals surface area contributed by atoms with Crippen LogP contribution < -0.4 is 10.5 Å². The van der Waals surface area contributed by atoms with Crippen molar-refractivity contribution in [2.75, 3.05) is 13.2 Å². The van der Waals surface area contributed by atoms with Crippen LogP contribution in [0.4, 0.5) is 0 Å². The highest BCUT2D eigenvalue weighted by atomic mass is 79.9. The first-order valence-electron chi connectivity index (χ1n) is 6.53. The molecule has 2 rings (SSSR count). The largest absolute Gasteiger partial charge is 0.492 e. The zero-order valence-corrected chi connectivity index (χ0v) is 12.1. The summed E-state index contributed by atoms with van der Waals surface area (Å²) in [6.45, 7) is 2.14. The molecule has 1 aromatic rings. The van der Waals surface area contributed by atoms with E-state index in [1.807, 2.05) is 18.2 Å². The van der Waals surface area contributed by atoms with Crippen LogP contribution in [0.1, 0.15) is 31.2 Å². The lowest BCUT2D eigenvalue weighted by Gasteiger charge is -2.13. The van der Waals surface area contributed by atoms with Crippen LogP contribution in [0.15, 0.2) is 22.7 Å². The van der Waals surface area contributed by atoms with E-state index in [4.69, 9.17) is 15.2 Å². The number of nitrogens with two attached hydrogens (primary N) is 1. The monoisotopic (exact) mass is 313 g/mol. The van der Waals surface area contributed by atoms with Gasteiger partial charge in [-0.25, -0.2) is 0 Å². The summed E-state index contributed by atoms with van der Waals surface area (Å²) in [6.07, 6.45) is 4.95. The van der Waals surface area contributed by atoms with Crippen LogP contribution in [0.25, 0.3) is 0 Å². The van der Waals surface area contributed by atoms with Gasteiger partial charge in [0.2, 0.25) is 0 Å². The van der Waals surface area contributed by atoms with Crippen LogP contribution >= 0.6 is 15.9 Å². The van der Waals surface area contributed by atoms with E-state index in [1.165, 1.54) is 12.8 Å². The Hall–Kier alpha value is -0.580. The Balaban J connectivity index is 1.78. The second-order valence-electron chi connectivity index (χ2n) is 4.56. The first kappa shape index (κ1) is 13.8. The van der Waals surface area contributed by atoms with Crippen LogP contribution in [0, 0.1) is 0 Å². The number of para-hydroxylation sites is 1. The molecule has 1 saturated heterocycles. The molecular formula is C14H20BrNO2. The summed E-state index contributed by atoms with van der Waals surface area (Å²) >= 11 is 3.50. The maximum Gasteiger partial charge on any atom is 0.137 e. The number of rotatable bonds is 6. The Morgan fingerprint density at radius 2 is 2.33 bits per heavy atom. The summed E-state index contributed by atoms with van der Waals surface area (Å²) in [7, 11) is 0. The number of benzene rings is 1. The summed E-state index contributed by atoms with van der Waals surface area (Å²) < 4.78 is 12.4. The summed E-state index contributed by atoms with van der Waals surface area (Å²) in [5.74, 6) is 0.882. The van der Waals surface area contributed by atoms with E-state index in [1.54, 1.807) is 0 Å². The lowest BCUT2D eigenvalue weighted by atomic mass is 10.1. The molecule has 0 bridgehead atoms. The molecule has 1 aromatic carbocycles. The maximum atomic E-state index is 5.84. The smallest absolute Gasteiger partial charge is 0.137 e. The van der Waals surface area contributed by atoms with Crippen LogP contribution in [0.5, 0.6) is 5.75 Å². The van der Waals surface area contributed by atoms with Crippen molar-refractivity contribution in [3.05, 3.63) is 28.2 Å². The van der Waals surface area contributed by atoms with Crippen molar-refractivity contribution in [1.82, 2.24) is 0 Å². The molecule has 0 saturated carbocycles. The summed E-state index contributed by atoms with van der Waals surface area (Å²) in [5.41, 5.74) is 6.75. The van der Waals surface area contributed by atoms with Gasteiger partial charge in [-0.3, -0.25) is 0 Å². The quantitative estimate of drug-likeness (QED) is 0.820. The number of halogens is 1. The van der Waals surface area contributed by atoms with E-state index < -0.39 is 0 Å². The fourth-order valence-corrected chi connectivity index (χ4v) is 2.75. The molecule has 2 N–H and O–H groups in total. The standard InChI is InChI=1S/C14H20BrNO2/c15-13-7-1-4-11(10-16)14(13)18-9-3-6-12-5-2-8-17-12/h1,4,7,12H,2-3,5-6,8-10,16H2. The van der Waals surface area contributed by atoms with Crippen molar-refractivity contribution in [3.63, 3.8) is 0 Å². The highest BCUT2D eigenvalue weighted by Gasteiger charge is 2.15. The molecule has 0 amide bonds. The molecule has 18 heavy (non-hydrogen) atoms. The van der Waals surface area contributed by atoms with Crippen molar-refractivity contribution in [1.29, 1.82) is 0 Å². The van der Waals surface area contributed by atoms with E-state index in [9.17, 15) is 0 Å². The van der Waals surface area contributed by atoms with E-state index in [0.717, 1.165) is 41.8 Å². The van der Waals surface area contributed by atoms with Gasteiger partial charge in [0.05, 0.1) is 17.2 Å². The second kappa shape index (κ2) is 7.12. The van der Waals surface area contributed by atoms with Crippen molar-refractivity contribution in [3.8, 4) is 5.75 Å². The Kier molecular flexibility index (Phi) is 5.47. The topological polar surface area (TPSA) is 44.5 Å². The zero-order chi connectivity index (χ0) is 12.8. The number of ether oxygens (including phenoxy) is 2. The molecular weight excluding hydrogens is 294 g/mol. The van der Waals surface area contributed by atoms with Gasteiger partial charge in [0, 0.05) is 18.7 Å². The van der Waals surface area contributed by atoms with Gasteiger partial charge in [-0.05, 0) is 47.7 Å². The lowest BCUT2D eigenvalue weighted by molar-refractivity contribution is 0.0980. The predicted molar refractivity (Wildman–Crippen MR) is 75.7 cm³/mol.